The number of hydrogen-bond acceptors (Lipinski definition) is 5. The second kappa shape index (κ2) is 6.80. The highest BCUT2D eigenvalue weighted by molar-refractivity contribution is 6.31. The van der Waals surface area contributed by atoms with Crippen LogP contribution in [0.3, 0.4) is 0 Å². The van der Waals surface area contributed by atoms with E-state index in [-0.39, 0.29) is 12.3 Å². The van der Waals surface area contributed by atoms with Gasteiger partial charge in [-0.2, -0.15) is 0 Å². The number of pyridine rings is 1. The molecule has 3 aromatic rings. The average Bonchev–Trinajstić information content (AvgIpc) is 2.95. The number of nitrogens with zero attached hydrogens (tertiary/aromatic N) is 4. The second-order valence-electron chi connectivity index (χ2n) is 5.07. The Morgan fingerprint density at radius 3 is 2.88 bits per heavy atom. The highest BCUT2D eigenvalue weighted by atomic mass is 35.5. The zero-order valence-corrected chi connectivity index (χ0v) is 14.0. The molecule has 2 heterocycles. The number of imidazole rings is 1. The molecule has 1 aromatic carbocycles. The number of fused-ring (bicyclic) bond motifs is 1. The molecule has 0 saturated carbocycles. The molecule has 122 valence electrons. The van der Waals surface area contributed by atoms with Crippen LogP contribution in [0.25, 0.3) is 5.65 Å². The van der Waals surface area contributed by atoms with E-state index in [9.17, 15) is 4.79 Å². The third-order valence-electron chi connectivity index (χ3n) is 3.39. The summed E-state index contributed by atoms with van der Waals surface area (Å²) >= 11 is 6.10. The maximum atomic E-state index is 12.1. The van der Waals surface area contributed by atoms with E-state index in [0.717, 1.165) is 5.56 Å². The van der Waals surface area contributed by atoms with Crippen LogP contribution in [-0.2, 0) is 4.74 Å². The zero-order valence-electron chi connectivity index (χ0n) is 13.2. The Bertz CT molecular complexity index is 933. The summed E-state index contributed by atoms with van der Waals surface area (Å²) < 4.78 is 6.73. The van der Waals surface area contributed by atoms with Gasteiger partial charge in [-0.05, 0) is 43.7 Å². The first-order chi connectivity index (χ1) is 11.6. The maximum absolute atomic E-state index is 12.1. The van der Waals surface area contributed by atoms with Crippen LogP contribution in [0.1, 0.15) is 23.0 Å². The highest BCUT2D eigenvalue weighted by Crippen LogP contribution is 2.27. The molecule has 3 rings (SSSR count). The Kier molecular flexibility index (Phi) is 4.57. The summed E-state index contributed by atoms with van der Waals surface area (Å²) in [4.78, 5) is 16.4. The van der Waals surface area contributed by atoms with Crippen LogP contribution in [0, 0.1) is 6.92 Å². The van der Waals surface area contributed by atoms with E-state index in [0.29, 0.717) is 22.2 Å². The molecule has 0 radical (unpaired) electrons. The molecule has 0 saturated heterocycles. The number of hydrogen-bond donors (Lipinski definition) is 0. The number of carbonyl (C=O) groups is 1. The molecule has 0 amide bonds. The molecule has 24 heavy (non-hydrogen) atoms. The zero-order chi connectivity index (χ0) is 17.1. The van der Waals surface area contributed by atoms with E-state index < -0.39 is 5.97 Å². The van der Waals surface area contributed by atoms with Crippen molar-refractivity contribution in [2.75, 3.05) is 6.61 Å². The fourth-order valence-corrected chi connectivity index (χ4v) is 2.34. The van der Waals surface area contributed by atoms with Crippen molar-refractivity contribution in [2.24, 2.45) is 10.2 Å². The van der Waals surface area contributed by atoms with Crippen molar-refractivity contribution < 1.29 is 9.53 Å². The number of ether oxygens (including phenoxy) is 1. The minimum Gasteiger partial charge on any atom is -0.461 e. The summed E-state index contributed by atoms with van der Waals surface area (Å²) in [5.41, 5.74) is 2.27. The third kappa shape index (κ3) is 3.14. The fourth-order valence-electron chi connectivity index (χ4n) is 2.16. The lowest BCUT2D eigenvalue weighted by molar-refractivity contribution is 0.0521. The van der Waals surface area contributed by atoms with Crippen LogP contribution in [0.2, 0.25) is 5.02 Å². The standard InChI is InChI=1S/C17H15ClN4O2/c1-3-24-17(23)15-16(22-9-5-4-6-14(22)19-15)21-20-12-8-7-11(2)13(18)10-12/h4-10H,3H2,1-2H3. The van der Waals surface area contributed by atoms with Gasteiger partial charge in [-0.3, -0.25) is 4.40 Å². The van der Waals surface area contributed by atoms with Crippen molar-refractivity contribution in [3.05, 3.63) is 58.9 Å². The van der Waals surface area contributed by atoms with Gasteiger partial charge in [0.1, 0.15) is 5.65 Å². The molecule has 0 aliphatic heterocycles. The van der Waals surface area contributed by atoms with Gasteiger partial charge in [0.2, 0.25) is 0 Å². The van der Waals surface area contributed by atoms with Crippen LogP contribution in [0.4, 0.5) is 11.5 Å². The van der Waals surface area contributed by atoms with Crippen LogP contribution in [0.5, 0.6) is 0 Å². The lowest BCUT2D eigenvalue weighted by Gasteiger charge is -2.00. The Labute approximate surface area is 143 Å². The van der Waals surface area contributed by atoms with Gasteiger partial charge >= 0.3 is 5.97 Å². The molecule has 7 heteroatoms. The number of esters is 1. The van der Waals surface area contributed by atoms with Gasteiger partial charge < -0.3 is 4.74 Å². The average molecular weight is 343 g/mol. The molecule has 0 aliphatic carbocycles. The summed E-state index contributed by atoms with van der Waals surface area (Å²) in [6.07, 6.45) is 1.77. The first-order valence-electron chi connectivity index (χ1n) is 7.42. The molecule has 0 aliphatic rings. The van der Waals surface area contributed by atoms with Gasteiger partial charge in [-0.15, -0.1) is 10.2 Å². The maximum Gasteiger partial charge on any atom is 0.360 e. The minimum atomic E-state index is -0.530. The summed E-state index contributed by atoms with van der Waals surface area (Å²) in [5, 5.41) is 8.99. The predicted molar refractivity (Wildman–Crippen MR) is 91.5 cm³/mol. The lowest BCUT2D eigenvalue weighted by atomic mass is 10.2. The molecule has 2 aromatic heterocycles. The van der Waals surface area contributed by atoms with Crippen LogP contribution in [-0.4, -0.2) is 22.0 Å². The lowest BCUT2D eigenvalue weighted by Crippen LogP contribution is -2.05. The number of benzene rings is 1. The molecule has 0 spiro atoms. The Hall–Kier alpha value is -2.73. The molecule has 0 atom stereocenters. The highest BCUT2D eigenvalue weighted by Gasteiger charge is 2.20. The third-order valence-corrected chi connectivity index (χ3v) is 3.80. The van der Waals surface area contributed by atoms with Gasteiger partial charge in [0.25, 0.3) is 0 Å². The van der Waals surface area contributed by atoms with Gasteiger partial charge in [0, 0.05) is 11.2 Å². The van der Waals surface area contributed by atoms with Crippen LogP contribution < -0.4 is 0 Å². The van der Waals surface area contributed by atoms with Crippen molar-refractivity contribution in [1.29, 1.82) is 0 Å². The van der Waals surface area contributed by atoms with Crippen molar-refractivity contribution in [2.45, 2.75) is 13.8 Å². The van der Waals surface area contributed by atoms with E-state index >= 15 is 0 Å². The summed E-state index contributed by atoms with van der Waals surface area (Å²) in [5.74, 6) is -0.210. The van der Waals surface area contributed by atoms with Gasteiger partial charge in [0.05, 0.1) is 12.3 Å². The molecular weight excluding hydrogens is 328 g/mol. The topological polar surface area (TPSA) is 68.3 Å². The molecule has 0 unspecified atom stereocenters. The first kappa shape index (κ1) is 16.1. The van der Waals surface area contributed by atoms with E-state index in [1.807, 2.05) is 25.1 Å². The molecule has 0 bridgehead atoms. The molecule has 6 nitrogen and oxygen atoms in total. The van der Waals surface area contributed by atoms with Gasteiger partial charge in [-0.25, -0.2) is 9.78 Å². The quantitative estimate of drug-likeness (QED) is 0.500. The fraction of sp³-hybridized carbons (Fsp3) is 0.176. The van der Waals surface area contributed by atoms with Crippen LogP contribution in [0.15, 0.2) is 52.8 Å². The van der Waals surface area contributed by atoms with Crippen LogP contribution >= 0.6 is 11.6 Å². The Balaban J connectivity index is 2.06. The van der Waals surface area contributed by atoms with Crippen molar-refractivity contribution >= 4 is 34.7 Å². The Morgan fingerprint density at radius 1 is 1.29 bits per heavy atom. The van der Waals surface area contributed by atoms with Gasteiger partial charge in [0.15, 0.2) is 11.5 Å². The smallest absolute Gasteiger partial charge is 0.360 e. The second-order valence-corrected chi connectivity index (χ2v) is 5.47. The van der Waals surface area contributed by atoms with Crippen molar-refractivity contribution in [3.8, 4) is 0 Å². The van der Waals surface area contributed by atoms with Crippen molar-refractivity contribution in [1.82, 2.24) is 9.38 Å². The number of aryl methyl sites for hydroxylation is 1. The first-order valence-corrected chi connectivity index (χ1v) is 7.80. The monoisotopic (exact) mass is 342 g/mol. The molecule has 0 N–H and O–H groups in total. The number of rotatable bonds is 4. The Morgan fingerprint density at radius 2 is 2.12 bits per heavy atom. The summed E-state index contributed by atoms with van der Waals surface area (Å²) in [6.45, 7) is 3.91. The van der Waals surface area contributed by atoms with Crippen molar-refractivity contribution in [3.63, 3.8) is 0 Å². The van der Waals surface area contributed by atoms with E-state index in [1.165, 1.54) is 0 Å². The number of halogens is 1. The van der Waals surface area contributed by atoms with E-state index in [1.54, 1.807) is 35.7 Å². The number of aromatic nitrogens is 2. The van der Waals surface area contributed by atoms with E-state index in [4.69, 9.17) is 16.3 Å². The minimum absolute atomic E-state index is 0.130. The SMILES string of the molecule is CCOC(=O)c1nc2ccccn2c1N=Nc1ccc(C)c(Cl)c1. The molecular formula is C17H15ClN4O2. The largest absolute Gasteiger partial charge is 0.461 e. The number of carbonyl (C=O) groups excluding carboxylic acids is 1. The summed E-state index contributed by atoms with van der Waals surface area (Å²) in [7, 11) is 0. The normalized spacial score (nSPS) is 11.3. The van der Waals surface area contributed by atoms with E-state index in [2.05, 4.69) is 15.2 Å². The van der Waals surface area contributed by atoms with Gasteiger partial charge in [-0.1, -0.05) is 23.7 Å². The number of azo groups is 1. The molecule has 0 fully saturated rings. The predicted octanol–water partition coefficient (Wildman–Crippen LogP) is 4.89. The summed E-state index contributed by atoms with van der Waals surface area (Å²) in [6, 6.07) is 10.8.